The second-order valence-electron chi connectivity index (χ2n) is 5.40. The van der Waals surface area contributed by atoms with Crippen molar-refractivity contribution >= 4 is 22.7 Å². The molecule has 0 saturated carbocycles. The van der Waals surface area contributed by atoms with Crippen molar-refractivity contribution in [3.05, 3.63) is 60.2 Å². The number of nitrogens with zero attached hydrogens (tertiary/aromatic N) is 3. The van der Waals surface area contributed by atoms with E-state index in [0.717, 1.165) is 36.4 Å². The van der Waals surface area contributed by atoms with Crippen LogP contribution in [0.15, 0.2) is 54.6 Å². The van der Waals surface area contributed by atoms with Gasteiger partial charge in [-0.15, -0.1) is 0 Å². The van der Waals surface area contributed by atoms with Crippen molar-refractivity contribution in [2.75, 3.05) is 23.3 Å². The predicted octanol–water partition coefficient (Wildman–Crippen LogP) is 4.09. The summed E-state index contributed by atoms with van der Waals surface area (Å²) in [5, 5.41) is 4.45. The maximum absolute atomic E-state index is 4.76. The van der Waals surface area contributed by atoms with Gasteiger partial charge in [-0.3, -0.25) is 0 Å². The molecule has 4 heteroatoms. The average molecular weight is 306 g/mol. The zero-order valence-electron chi connectivity index (χ0n) is 13.7. The molecule has 0 bridgehead atoms. The Balaban J connectivity index is 1.94. The number of para-hydroxylation sites is 1. The quantitative estimate of drug-likeness (QED) is 0.745. The Morgan fingerprint density at radius 2 is 1.57 bits per heavy atom. The molecule has 0 fully saturated rings. The highest BCUT2D eigenvalue weighted by atomic mass is 15.2. The van der Waals surface area contributed by atoms with E-state index in [1.165, 1.54) is 5.56 Å². The predicted molar refractivity (Wildman–Crippen MR) is 96.9 cm³/mol. The van der Waals surface area contributed by atoms with Crippen LogP contribution in [0.25, 0.3) is 10.9 Å². The van der Waals surface area contributed by atoms with Crippen LogP contribution in [0.1, 0.15) is 19.4 Å². The molecule has 1 aromatic heterocycles. The van der Waals surface area contributed by atoms with Crippen LogP contribution in [-0.2, 0) is 6.54 Å². The van der Waals surface area contributed by atoms with Crippen molar-refractivity contribution < 1.29 is 0 Å². The van der Waals surface area contributed by atoms with E-state index in [1.54, 1.807) is 0 Å². The summed E-state index contributed by atoms with van der Waals surface area (Å²) in [4.78, 5) is 11.7. The Morgan fingerprint density at radius 3 is 2.30 bits per heavy atom. The highest BCUT2D eigenvalue weighted by Gasteiger charge is 2.11. The molecule has 0 unspecified atom stereocenters. The van der Waals surface area contributed by atoms with Crippen molar-refractivity contribution in [3.8, 4) is 0 Å². The number of benzene rings is 2. The Hall–Kier alpha value is -2.62. The van der Waals surface area contributed by atoms with Gasteiger partial charge in [0.25, 0.3) is 0 Å². The van der Waals surface area contributed by atoms with E-state index >= 15 is 0 Å². The molecule has 2 aromatic carbocycles. The lowest BCUT2D eigenvalue weighted by Crippen LogP contribution is -2.24. The maximum Gasteiger partial charge on any atom is 0.225 e. The van der Waals surface area contributed by atoms with Gasteiger partial charge in [-0.05, 0) is 31.5 Å². The van der Waals surface area contributed by atoms with Crippen LogP contribution in [0.3, 0.4) is 0 Å². The molecule has 1 heterocycles. The van der Waals surface area contributed by atoms with Crippen LogP contribution < -0.4 is 10.2 Å². The fraction of sp³-hybridized carbons (Fsp3) is 0.263. The van der Waals surface area contributed by atoms with E-state index in [-0.39, 0.29) is 0 Å². The summed E-state index contributed by atoms with van der Waals surface area (Å²) in [5.41, 5.74) is 2.19. The first-order valence-corrected chi connectivity index (χ1v) is 8.11. The van der Waals surface area contributed by atoms with Gasteiger partial charge in [0.15, 0.2) is 0 Å². The van der Waals surface area contributed by atoms with Gasteiger partial charge in [-0.25, -0.2) is 4.98 Å². The average Bonchev–Trinajstić information content (AvgIpc) is 2.62. The largest absolute Gasteiger partial charge is 0.356 e. The van der Waals surface area contributed by atoms with E-state index in [0.29, 0.717) is 5.95 Å². The third-order valence-electron chi connectivity index (χ3n) is 3.94. The van der Waals surface area contributed by atoms with Crippen molar-refractivity contribution in [2.45, 2.75) is 20.4 Å². The lowest BCUT2D eigenvalue weighted by molar-refractivity contribution is 0.848. The summed E-state index contributed by atoms with van der Waals surface area (Å²) in [7, 11) is 0. The molecule has 23 heavy (non-hydrogen) atoms. The highest BCUT2D eigenvalue weighted by Crippen LogP contribution is 2.25. The van der Waals surface area contributed by atoms with Crippen LogP contribution in [0.4, 0.5) is 11.8 Å². The molecule has 0 atom stereocenters. The Bertz CT molecular complexity index is 767. The van der Waals surface area contributed by atoms with E-state index in [2.05, 4.69) is 47.2 Å². The van der Waals surface area contributed by atoms with Crippen LogP contribution in [0.5, 0.6) is 0 Å². The monoisotopic (exact) mass is 306 g/mol. The summed E-state index contributed by atoms with van der Waals surface area (Å²) >= 11 is 0. The second-order valence-corrected chi connectivity index (χ2v) is 5.40. The van der Waals surface area contributed by atoms with Crippen LogP contribution in [-0.4, -0.2) is 23.1 Å². The van der Waals surface area contributed by atoms with Gasteiger partial charge in [0.1, 0.15) is 5.82 Å². The molecule has 1 N–H and O–H groups in total. The Labute approximate surface area is 137 Å². The number of nitrogens with one attached hydrogen (secondary N) is 1. The van der Waals surface area contributed by atoms with Crippen molar-refractivity contribution in [1.82, 2.24) is 9.97 Å². The fourth-order valence-electron chi connectivity index (χ4n) is 2.68. The fourth-order valence-corrected chi connectivity index (χ4v) is 2.68. The normalized spacial score (nSPS) is 10.7. The van der Waals surface area contributed by atoms with E-state index in [4.69, 9.17) is 4.98 Å². The molecule has 0 amide bonds. The zero-order chi connectivity index (χ0) is 16.1. The number of fused-ring (bicyclic) bond motifs is 1. The number of hydrogen-bond donors (Lipinski definition) is 1. The minimum Gasteiger partial charge on any atom is -0.356 e. The number of aromatic nitrogens is 2. The first-order chi connectivity index (χ1) is 11.3. The van der Waals surface area contributed by atoms with Crippen molar-refractivity contribution in [2.24, 2.45) is 0 Å². The maximum atomic E-state index is 4.76. The third kappa shape index (κ3) is 3.42. The van der Waals surface area contributed by atoms with E-state index in [9.17, 15) is 0 Å². The number of rotatable bonds is 6. The lowest BCUT2D eigenvalue weighted by atomic mass is 10.2. The number of hydrogen-bond acceptors (Lipinski definition) is 4. The van der Waals surface area contributed by atoms with Gasteiger partial charge >= 0.3 is 0 Å². The van der Waals surface area contributed by atoms with Crippen LogP contribution >= 0.6 is 0 Å². The zero-order valence-corrected chi connectivity index (χ0v) is 13.7. The number of anilines is 2. The molecule has 0 radical (unpaired) electrons. The first-order valence-electron chi connectivity index (χ1n) is 8.11. The van der Waals surface area contributed by atoms with Gasteiger partial charge in [0.2, 0.25) is 5.95 Å². The summed E-state index contributed by atoms with van der Waals surface area (Å²) < 4.78 is 0. The smallest absolute Gasteiger partial charge is 0.225 e. The second kappa shape index (κ2) is 7.09. The van der Waals surface area contributed by atoms with Gasteiger partial charge in [0, 0.05) is 25.0 Å². The van der Waals surface area contributed by atoms with Crippen LogP contribution in [0.2, 0.25) is 0 Å². The summed E-state index contributed by atoms with van der Waals surface area (Å²) in [6.45, 7) is 6.87. The first kappa shape index (κ1) is 15.3. The molecule has 3 aromatic rings. The molecule has 0 aliphatic carbocycles. The molecule has 4 nitrogen and oxygen atoms in total. The third-order valence-corrected chi connectivity index (χ3v) is 3.94. The lowest BCUT2D eigenvalue weighted by Gasteiger charge is -2.22. The molecule has 0 aliphatic rings. The van der Waals surface area contributed by atoms with Crippen molar-refractivity contribution in [3.63, 3.8) is 0 Å². The van der Waals surface area contributed by atoms with Gasteiger partial charge in [0.05, 0.1) is 5.52 Å². The van der Waals surface area contributed by atoms with E-state index in [1.807, 2.05) is 36.4 Å². The molecular weight excluding hydrogens is 284 g/mol. The molecule has 0 saturated heterocycles. The standard InChI is InChI=1S/C19H22N4/c1-3-23(4-2)18-16-12-8-9-13-17(16)21-19(22-18)20-14-15-10-6-5-7-11-15/h5-13H,3-4,14H2,1-2H3,(H,20,21,22). The van der Waals surface area contributed by atoms with Gasteiger partial charge < -0.3 is 10.2 Å². The minimum atomic E-state index is 0.675. The van der Waals surface area contributed by atoms with Gasteiger partial charge in [-0.1, -0.05) is 42.5 Å². The minimum absolute atomic E-state index is 0.675. The molecular formula is C19H22N4. The van der Waals surface area contributed by atoms with Gasteiger partial charge in [-0.2, -0.15) is 4.98 Å². The Morgan fingerprint density at radius 1 is 0.870 bits per heavy atom. The Kier molecular flexibility index (Phi) is 4.71. The molecule has 0 spiro atoms. The summed E-state index contributed by atoms with van der Waals surface area (Å²) in [6, 6.07) is 18.5. The summed E-state index contributed by atoms with van der Waals surface area (Å²) in [6.07, 6.45) is 0. The summed E-state index contributed by atoms with van der Waals surface area (Å²) in [5.74, 6) is 1.67. The van der Waals surface area contributed by atoms with E-state index < -0.39 is 0 Å². The van der Waals surface area contributed by atoms with Crippen molar-refractivity contribution in [1.29, 1.82) is 0 Å². The van der Waals surface area contributed by atoms with Crippen LogP contribution in [0, 0.1) is 0 Å². The topological polar surface area (TPSA) is 41.1 Å². The molecule has 3 rings (SSSR count). The highest BCUT2D eigenvalue weighted by molar-refractivity contribution is 5.90. The molecule has 0 aliphatic heterocycles. The SMILES string of the molecule is CCN(CC)c1nc(NCc2ccccc2)nc2ccccc12. The molecule has 118 valence electrons.